The molecule has 142 valence electrons. The number of nitrogens with one attached hydrogen (secondary N) is 1. The maximum atomic E-state index is 13.4. The zero-order chi connectivity index (χ0) is 19.1. The molecule has 2 aliphatic heterocycles. The van der Waals surface area contributed by atoms with Gasteiger partial charge in [-0.3, -0.25) is 14.7 Å². The molecule has 2 aromatic rings. The molecular formula is C20H23FN4O2. The Hall–Kier alpha value is -2.70. The number of rotatable bonds is 2. The molecule has 0 saturated carbocycles. The molecule has 0 unspecified atom stereocenters. The molecule has 0 bridgehead atoms. The Kier molecular flexibility index (Phi) is 4.45. The molecule has 3 atom stereocenters. The molecule has 27 heavy (non-hydrogen) atoms. The summed E-state index contributed by atoms with van der Waals surface area (Å²) in [6.45, 7) is 4.61. The zero-order valence-corrected chi connectivity index (χ0v) is 15.5. The number of hydrogen-bond donors (Lipinski definition) is 1. The normalized spacial score (nSPS) is 24.8. The summed E-state index contributed by atoms with van der Waals surface area (Å²) >= 11 is 0. The highest BCUT2D eigenvalue weighted by atomic mass is 19.1. The Bertz CT molecular complexity index is 863. The van der Waals surface area contributed by atoms with E-state index >= 15 is 0 Å². The molecule has 1 aromatic carbocycles. The fraction of sp³-hybridized carbons (Fsp3) is 0.450. The third-order valence-electron chi connectivity index (χ3n) is 5.88. The molecule has 0 aliphatic carbocycles. The number of H-pyrrole nitrogens is 1. The third kappa shape index (κ3) is 3.01. The first-order chi connectivity index (χ1) is 13.0. The van der Waals surface area contributed by atoms with Crippen molar-refractivity contribution in [3.63, 3.8) is 0 Å². The van der Waals surface area contributed by atoms with Crippen LogP contribution in [0.25, 0.3) is 0 Å². The average molecular weight is 370 g/mol. The van der Waals surface area contributed by atoms with Crippen LogP contribution in [-0.2, 0) is 4.79 Å². The number of likely N-dealkylation sites (tertiary alicyclic amines) is 2. The zero-order valence-electron chi connectivity index (χ0n) is 15.5. The molecule has 2 aliphatic rings. The maximum Gasteiger partial charge on any atom is 0.257 e. The van der Waals surface area contributed by atoms with Crippen LogP contribution in [-0.4, -0.2) is 57.0 Å². The number of aryl methyl sites for hydroxylation is 1. The highest BCUT2D eigenvalue weighted by Crippen LogP contribution is 2.41. The number of aromatic nitrogens is 2. The largest absolute Gasteiger partial charge is 0.337 e. The molecule has 2 fully saturated rings. The van der Waals surface area contributed by atoms with Gasteiger partial charge in [-0.1, -0.05) is 12.1 Å². The minimum absolute atomic E-state index is 0.0191. The Balaban J connectivity index is 1.72. The van der Waals surface area contributed by atoms with E-state index in [4.69, 9.17) is 0 Å². The molecule has 6 nitrogen and oxygen atoms in total. The van der Waals surface area contributed by atoms with E-state index in [9.17, 15) is 14.0 Å². The van der Waals surface area contributed by atoms with Crippen LogP contribution in [0, 0.1) is 12.7 Å². The average Bonchev–Trinajstić information content (AvgIpc) is 3.25. The number of benzene rings is 1. The summed E-state index contributed by atoms with van der Waals surface area (Å²) in [5.74, 6) is -0.366. The third-order valence-corrected chi connectivity index (χ3v) is 5.88. The van der Waals surface area contributed by atoms with Gasteiger partial charge in [0, 0.05) is 31.6 Å². The number of fused-ring (bicyclic) bond motifs is 1. The van der Waals surface area contributed by atoms with E-state index in [-0.39, 0.29) is 35.6 Å². The van der Waals surface area contributed by atoms with Crippen molar-refractivity contribution in [3.8, 4) is 0 Å². The van der Waals surface area contributed by atoms with Gasteiger partial charge in [-0.25, -0.2) is 4.39 Å². The summed E-state index contributed by atoms with van der Waals surface area (Å²) in [6, 6.07) is 6.28. The highest BCUT2D eigenvalue weighted by Gasteiger charge is 2.49. The SMILES string of the molecule is CC(=O)N1CCC[C@@H]2[C@H]1[C@@H](c1ccc(F)cc1)CN2C(=O)c1cn[nH]c1C. The van der Waals surface area contributed by atoms with Crippen LogP contribution < -0.4 is 0 Å². The van der Waals surface area contributed by atoms with Crippen LogP contribution in [0.1, 0.15) is 47.3 Å². The van der Waals surface area contributed by atoms with Gasteiger partial charge in [0.05, 0.1) is 23.8 Å². The van der Waals surface area contributed by atoms with Crippen LogP contribution in [0.2, 0.25) is 0 Å². The van der Waals surface area contributed by atoms with E-state index in [0.29, 0.717) is 18.7 Å². The van der Waals surface area contributed by atoms with E-state index in [2.05, 4.69) is 10.2 Å². The van der Waals surface area contributed by atoms with E-state index in [1.807, 2.05) is 16.7 Å². The number of halogens is 1. The minimum atomic E-state index is -0.290. The number of carbonyl (C=O) groups is 2. The number of hydrogen-bond acceptors (Lipinski definition) is 3. The Morgan fingerprint density at radius 1 is 1.22 bits per heavy atom. The van der Waals surface area contributed by atoms with E-state index < -0.39 is 0 Å². The monoisotopic (exact) mass is 370 g/mol. The van der Waals surface area contributed by atoms with Gasteiger partial charge in [0.25, 0.3) is 5.91 Å². The number of piperidine rings is 1. The number of nitrogens with zero attached hydrogens (tertiary/aromatic N) is 3. The molecule has 0 spiro atoms. The second-order valence-electron chi connectivity index (χ2n) is 7.44. The first kappa shape index (κ1) is 17.7. The first-order valence-electron chi connectivity index (χ1n) is 9.31. The Labute approximate surface area is 157 Å². The van der Waals surface area contributed by atoms with Gasteiger partial charge in [-0.05, 0) is 37.5 Å². The van der Waals surface area contributed by atoms with Crippen LogP contribution >= 0.6 is 0 Å². The first-order valence-corrected chi connectivity index (χ1v) is 9.31. The summed E-state index contributed by atoms with van der Waals surface area (Å²) < 4.78 is 13.4. The highest BCUT2D eigenvalue weighted by molar-refractivity contribution is 5.95. The molecule has 1 aromatic heterocycles. The van der Waals surface area contributed by atoms with E-state index in [1.165, 1.54) is 12.1 Å². The summed E-state index contributed by atoms with van der Waals surface area (Å²) in [5.41, 5.74) is 2.26. The van der Waals surface area contributed by atoms with Gasteiger partial charge in [0.15, 0.2) is 0 Å². The smallest absolute Gasteiger partial charge is 0.257 e. The maximum absolute atomic E-state index is 13.4. The van der Waals surface area contributed by atoms with Crippen molar-refractivity contribution in [3.05, 3.63) is 53.1 Å². The van der Waals surface area contributed by atoms with E-state index in [1.54, 1.807) is 25.3 Å². The van der Waals surface area contributed by atoms with Crippen molar-refractivity contribution >= 4 is 11.8 Å². The van der Waals surface area contributed by atoms with Crippen LogP contribution in [0.3, 0.4) is 0 Å². The second-order valence-corrected chi connectivity index (χ2v) is 7.44. The van der Waals surface area contributed by atoms with Crippen molar-refractivity contribution in [2.45, 2.75) is 44.7 Å². The Morgan fingerprint density at radius 3 is 2.59 bits per heavy atom. The lowest BCUT2D eigenvalue weighted by Gasteiger charge is -2.41. The van der Waals surface area contributed by atoms with Gasteiger partial charge in [-0.2, -0.15) is 5.10 Å². The Morgan fingerprint density at radius 2 is 1.96 bits per heavy atom. The molecule has 4 rings (SSSR count). The van der Waals surface area contributed by atoms with Gasteiger partial charge >= 0.3 is 0 Å². The lowest BCUT2D eigenvalue weighted by molar-refractivity contribution is -0.133. The van der Waals surface area contributed by atoms with Gasteiger partial charge in [-0.15, -0.1) is 0 Å². The number of carbonyl (C=O) groups excluding carboxylic acids is 2. The standard InChI is InChI=1S/C20H23FN4O2/c1-12-16(10-22-23-12)20(27)25-11-17(14-5-7-15(21)8-6-14)19-18(25)4-3-9-24(19)13(2)26/h5-8,10,17-19H,3-4,9,11H2,1-2H3,(H,22,23)/t17-,18-,19-/m1/s1. The van der Waals surface area contributed by atoms with Crippen molar-refractivity contribution < 1.29 is 14.0 Å². The van der Waals surface area contributed by atoms with Crippen molar-refractivity contribution in [2.75, 3.05) is 13.1 Å². The van der Waals surface area contributed by atoms with Crippen LogP contribution in [0.4, 0.5) is 4.39 Å². The lowest BCUT2D eigenvalue weighted by Crippen LogP contribution is -2.53. The predicted molar refractivity (Wildman–Crippen MR) is 97.7 cm³/mol. The number of aromatic amines is 1. The molecule has 2 saturated heterocycles. The summed E-state index contributed by atoms with van der Waals surface area (Å²) in [7, 11) is 0. The van der Waals surface area contributed by atoms with E-state index in [0.717, 1.165) is 24.1 Å². The lowest BCUT2D eigenvalue weighted by atomic mass is 9.86. The summed E-state index contributed by atoms with van der Waals surface area (Å²) in [6.07, 6.45) is 3.28. The van der Waals surface area contributed by atoms with Gasteiger partial charge in [0.1, 0.15) is 5.82 Å². The second kappa shape index (κ2) is 6.79. The van der Waals surface area contributed by atoms with Crippen molar-refractivity contribution in [1.82, 2.24) is 20.0 Å². The minimum Gasteiger partial charge on any atom is -0.337 e. The van der Waals surface area contributed by atoms with Gasteiger partial charge < -0.3 is 9.80 Å². The van der Waals surface area contributed by atoms with Crippen molar-refractivity contribution in [1.29, 1.82) is 0 Å². The molecule has 7 heteroatoms. The summed E-state index contributed by atoms with van der Waals surface area (Å²) in [4.78, 5) is 29.2. The number of amides is 2. The fourth-order valence-corrected chi connectivity index (χ4v) is 4.61. The molecule has 2 amide bonds. The summed E-state index contributed by atoms with van der Waals surface area (Å²) in [5, 5.41) is 6.79. The van der Waals surface area contributed by atoms with Crippen LogP contribution in [0.15, 0.2) is 30.5 Å². The predicted octanol–water partition coefficient (Wildman–Crippen LogP) is 2.48. The van der Waals surface area contributed by atoms with Gasteiger partial charge in [0.2, 0.25) is 5.91 Å². The molecule has 3 heterocycles. The fourth-order valence-electron chi connectivity index (χ4n) is 4.61. The van der Waals surface area contributed by atoms with Crippen molar-refractivity contribution in [2.24, 2.45) is 0 Å². The quantitative estimate of drug-likeness (QED) is 0.883. The van der Waals surface area contributed by atoms with Crippen LogP contribution in [0.5, 0.6) is 0 Å². The topological polar surface area (TPSA) is 69.3 Å². The molecule has 1 N–H and O–H groups in total. The molecular weight excluding hydrogens is 347 g/mol. The molecule has 0 radical (unpaired) electrons.